The van der Waals surface area contributed by atoms with Crippen molar-refractivity contribution in [1.29, 1.82) is 0 Å². The third kappa shape index (κ3) is 4.98. The molecule has 3 heterocycles. The maximum absolute atomic E-state index is 13.9. The second-order valence-corrected chi connectivity index (χ2v) is 11.9. The lowest BCUT2D eigenvalue weighted by Gasteiger charge is -2.51. The molecule has 3 aliphatic rings. The van der Waals surface area contributed by atoms with Crippen LogP contribution < -0.4 is 0 Å². The molecule has 2 aliphatic heterocycles. The fourth-order valence-corrected chi connectivity index (χ4v) is 7.63. The van der Waals surface area contributed by atoms with Crippen LogP contribution in [0.15, 0.2) is 66.9 Å². The van der Waals surface area contributed by atoms with Gasteiger partial charge in [-0.3, -0.25) is 9.78 Å². The molecule has 3 fully saturated rings. The molecular weight excluding hydrogens is 458 g/mol. The van der Waals surface area contributed by atoms with Crippen molar-refractivity contribution >= 4 is 26.7 Å². The standard InChI is InChI=1S/C28H33N3O3S/c1-2-3-15-35(33,34)31-20-24-13-14-25(31)17-27(24)30(19-21-9-5-4-6-10-21)28(32)26-16-22-11-7-8-12-23(22)18-29-26/h4-12,16,18,24-25,27H,2-3,13-15,17,19-20H2,1H3. The third-order valence-corrected chi connectivity index (χ3v) is 9.54. The molecule has 6 rings (SSSR count). The largest absolute Gasteiger partial charge is 0.330 e. The highest BCUT2D eigenvalue weighted by molar-refractivity contribution is 7.89. The number of fused-ring (bicyclic) bond motifs is 4. The molecule has 1 saturated carbocycles. The molecule has 7 heteroatoms. The van der Waals surface area contributed by atoms with E-state index >= 15 is 0 Å². The van der Waals surface area contributed by atoms with Gasteiger partial charge in [0.25, 0.3) is 5.91 Å². The van der Waals surface area contributed by atoms with Crippen molar-refractivity contribution in [3.8, 4) is 0 Å². The molecule has 3 unspecified atom stereocenters. The smallest absolute Gasteiger partial charge is 0.273 e. The summed E-state index contributed by atoms with van der Waals surface area (Å²) in [6, 6.07) is 19.8. The van der Waals surface area contributed by atoms with Crippen molar-refractivity contribution in [2.24, 2.45) is 5.92 Å². The summed E-state index contributed by atoms with van der Waals surface area (Å²) in [5.74, 6) is 0.257. The molecule has 1 aliphatic carbocycles. The Hall–Kier alpha value is -2.77. The van der Waals surface area contributed by atoms with Gasteiger partial charge in [0, 0.05) is 36.8 Å². The Kier molecular flexibility index (Phi) is 6.89. The number of nitrogens with zero attached hydrogens (tertiary/aromatic N) is 3. The summed E-state index contributed by atoms with van der Waals surface area (Å²) in [5, 5.41) is 1.99. The predicted molar refractivity (Wildman–Crippen MR) is 138 cm³/mol. The van der Waals surface area contributed by atoms with E-state index in [0.717, 1.165) is 35.6 Å². The number of hydrogen-bond donors (Lipinski definition) is 0. The number of unbranched alkanes of at least 4 members (excludes halogenated alkanes) is 1. The Bertz CT molecular complexity index is 1300. The molecule has 184 valence electrons. The van der Waals surface area contributed by atoms with Crippen LogP contribution in [0, 0.1) is 5.92 Å². The summed E-state index contributed by atoms with van der Waals surface area (Å²) >= 11 is 0. The summed E-state index contributed by atoms with van der Waals surface area (Å²) in [6.07, 6.45) is 5.81. The summed E-state index contributed by atoms with van der Waals surface area (Å²) in [7, 11) is -3.26. The van der Waals surface area contributed by atoms with Gasteiger partial charge in [-0.2, -0.15) is 4.31 Å². The lowest BCUT2D eigenvalue weighted by molar-refractivity contribution is 0.0105. The van der Waals surface area contributed by atoms with Crippen LogP contribution in [0.1, 0.15) is 55.1 Å². The maximum atomic E-state index is 13.9. The highest BCUT2D eigenvalue weighted by atomic mass is 32.2. The Morgan fingerprint density at radius 2 is 1.80 bits per heavy atom. The van der Waals surface area contributed by atoms with Crippen LogP contribution in [0.25, 0.3) is 10.8 Å². The van der Waals surface area contributed by atoms with E-state index in [0.29, 0.717) is 31.6 Å². The van der Waals surface area contributed by atoms with E-state index in [1.807, 2.05) is 72.5 Å². The molecule has 2 bridgehead atoms. The van der Waals surface area contributed by atoms with Crippen LogP contribution in [-0.4, -0.2) is 52.9 Å². The van der Waals surface area contributed by atoms with Crippen LogP contribution in [-0.2, 0) is 16.6 Å². The third-order valence-electron chi connectivity index (χ3n) is 7.57. The topological polar surface area (TPSA) is 70.6 Å². The number of benzene rings is 2. The molecule has 6 nitrogen and oxygen atoms in total. The van der Waals surface area contributed by atoms with E-state index in [1.165, 1.54) is 0 Å². The number of piperidine rings is 2. The fraction of sp³-hybridized carbons (Fsp3) is 0.429. The minimum atomic E-state index is -3.26. The average molecular weight is 492 g/mol. The quantitative estimate of drug-likeness (QED) is 0.451. The second-order valence-electron chi connectivity index (χ2n) is 9.87. The normalized spacial score (nSPS) is 22.4. The summed E-state index contributed by atoms with van der Waals surface area (Å²) in [4.78, 5) is 20.4. The molecule has 1 aromatic heterocycles. The molecule has 3 atom stereocenters. The Balaban J connectivity index is 1.44. The van der Waals surface area contributed by atoms with Gasteiger partial charge in [0.2, 0.25) is 10.0 Å². The summed E-state index contributed by atoms with van der Waals surface area (Å²) in [6.45, 7) is 3.01. The average Bonchev–Trinajstić information content (AvgIpc) is 2.90. The lowest BCUT2D eigenvalue weighted by Crippen LogP contribution is -2.61. The monoisotopic (exact) mass is 491 g/mol. The number of sulfonamides is 1. The highest BCUT2D eigenvalue weighted by Gasteiger charge is 2.47. The molecule has 35 heavy (non-hydrogen) atoms. The number of carbonyl (C=O) groups is 1. The molecule has 0 spiro atoms. The van der Waals surface area contributed by atoms with E-state index in [2.05, 4.69) is 4.98 Å². The highest BCUT2D eigenvalue weighted by Crippen LogP contribution is 2.40. The number of amides is 1. The fourth-order valence-electron chi connectivity index (χ4n) is 5.68. The number of carbonyl (C=O) groups excluding carboxylic acids is 1. The van der Waals surface area contributed by atoms with Crippen molar-refractivity contribution in [1.82, 2.24) is 14.2 Å². The Morgan fingerprint density at radius 3 is 2.51 bits per heavy atom. The van der Waals surface area contributed by atoms with E-state index in [-0.39, 0.29) is 29.7 Å². The van der Waals surface area contributed by atoms with Crippen molar-refractivity contribution in [2.45, 2.75) is 57.7 Å². The minimum Gasteiger partial charge on any atom is -0.330 e. The first-order valence-electron chi connectivity index (χ1n) is 12.7. The lowest BCUT2D eigenvalue weighted by atomic mass is 9.76. The van der Waals surface area contributed by atoms with Crippen LogP contribution in [0.2, 0.25) is 0 Å². The van der Waals surface area contributed by atoms with Gasteiger partial charge in [-0.15, -0.1) is 0 Å². The van der Waals surface area contributed by atoms with Crippen molar-refractivity contribution in [3.05, 3.63) is 78.1 Å². The van der Waals surface area contributed by atoms with Crippen LogP contribution in [0.4, 0.5) is 0 Å². The van der Waals surface area contributed by atoms with E-state index < -0.39 is 10.0 Å². The molecular formula is C28H33N3O3S. The van der Waals surface area contributed by atoms with Crippen molar-refractivity contribution in [3.63, 3.8) is 0 Å². The Morgan fingerprint density at radius 1 is 1.06 bits per heavy atom. The van der Waals surface area contributed by atoms with E-state index in [4.69, 9.17) is 0 Å². The zero-order valence-electron chi connectivity index (χ0n) is 20.2. The van der Waals surface area contributed by atoms with Gasteiger partial charge < -0.3 is 4.90 Å². The Labute approximate surface area is 208 Å². The molecule has 2 aromatic carbocycles. The van der Waals surface area contributed by atoms with E-state index in [1.54, 1.807) is 10.5 Å². The van der Waals surface area contributed by atoms with Gasteiger partial charge >= 0.3 is 0 Å². The SMILES string of the molecule is CCCCS(=O)(=O)N1CC2CCC1CC2N(Cc1ccccc1)C(=O)c1cc2ccccc2cn1. The van der Waals surface area contributed by atoms with Crippen LogP contribution >= 0.6 is 0 Å². The zero-order chi connectivity index (χ0) is 24.4. The minimum absolute atomic E-state index is 0.00708. The first kappa shape index (κ1) is 23.9. The van der Waals surface area contributed by atoms with Gasteiger partial charge in [0.15, 0.2) is 0 Å². The predicted octanol–water partition coefficient (Wildman–Crippen LogP) is 4.86. The van der Waals surface area contributed by atoms with Crippen LogP contribution in [0.3, 0.4) is 0 Å². The summed E-state index contributed by atoms with van der Waals surface area (Å²) in [5.41, 5.74) is 1.50. The molecule has 2 saturated heterocycles. The maximum Gasteiger partial charge on any atom is 0.273 e. The first-order valence-corrected chi connectivity index (χ1v) is 14.3. The first-order chi connectivity index (χ1) is 17.0. The number of aromatic nitrogens is 1. The van der Waals surface area contributed by atoms with Gasteiger partial charge in [-0.05, 0) is 48.6 Å². The van der Waals surface area contributed by atoms with Crippen molar-refractivity contribution < 1.29 is 13.2 Å². The number of pyridine rings is 1. The van der Waals surface area contributed by atoms with Crippen molar-refractivity contribution in [2.75, 3.05) is 12.3 Å². The van der Waals surface area contributed by atoms with Gasteiger partial charge in [-0.25, -0.2) is 8.42 Å². The molecule has 3 aromatic rings. The molecule has 0 N–H and O–H groups in total. The van der Waals surface area contributed by atoms with E-state index in [9.17, 15) is 13.2 Å². The summed E-state index contributed by atoms with van der Waals surface area (Å²) < 4.78 is 27.8. The zero-order valence-corrected chi connectivity index (χ0v) is 21.0. The number of hydrogen-bond acceptors (Lipinski definition) is 4. The second kappa shape index (κ2) is 10.1. The number of rotatable bonds is 8. The van der Waals surface area contributed by atoms with Crippen LogP contribution in [0.5, 0.6) is 0 Å². The molecule has 1 amide bonds. The van der Waals surface area contributed by atoms with Gasteiger partial charge in [0.1, 0.15) is 5.69 Å². The van der Waals surface area contributed by atoms with Gasteiger partial charge in [0.05, 0.1) is 5.75 Å². The van der Waals surface area contributed by atoms with Gasteiger partial charge in [-0.1, -0.05) is 67.9 Å². The molecule has 0 radical (unpaired) electrons.